The first kappa shape index (κ1) is 17.9. The van der Waals surface area contributed by atoms with E-state index in [-0.39, 0.29) is 0 Å². The molecule has 0 saturated heterocycles. The van der Waals surface area contributed by atoms with E-state index in [1.54, 1.807) is 0 Å². The normalized spacial score (nSPS) is 14.4. The third-order valence-corrected chi connectivity index (χ3v) is 5.02. The Bertz CT molecular complexity index is 581. The van der Waals surface area contributed by atoms with Crippen LogP contribution in [0.1, 0.15) is 47.0 Å². The Morgan fingerprint density at radius 1 is 1.27 bits per heavy atom. The Labute approximate surface area is 148 Å². The van der Waals surface area contributed by atoms with Gasteiger partial charge in [-0.15, -0.1) is 11.3 Å². The summed E-state index contributed by atoms with van der Waals surface area (Å²) in [5.74, 6) is -1.21. The van der Waals surface area contributed by atoms with Gasteiger partial charge in [0.25, 0.3) is 9.70 Å². The molecule has 4 nitrogen and oxygen atoms in total. The lowest BCUT2D eigenvalue weighted by molar-refractivity contribution is -0.115. The van der Waals surface area contributed by atoms with Crippen molar-refractivity contribution in [3.8, 4) is 0 Å². The van der Waals surface area contributed by atoms with Crippen molar-refractivity contribution in [1.29, 1.82) is 0 Å². The molecule has 1 N–H and O–H groups in total. The van der Waals surface area contributed by atoms with Crippen LogP contribution in [0.5, 0.6) is 0 Å². The molecule has 0 aromatic carbocycles. The molecule has 22 heavy (non-hydrogen) atoms. The van der Waals surface area contributed by atoms with E-state index in [4.69, 9.17) is 39.5 Å². The van der Waals surface area contributed by atoms with Crippen LogP contribution in [-0.4, -0.2) is 22.3 Å². The predicted molar refractivity (Wildman–Crippen MR) is 90.5 cm³/mol. The van der Waals surface area contributed by atoms with Gasteiger partial charge in [-0.2, -0.15) is 0 Å². The molecule has 1 aromatic heterocycles. The number of halogens is 3. The highest BCUT2D eigenvalue weighted by Crippen LogP contribution is 2.39. The van der Waals surface area contributed by atoms with Gasteiger partial charge in [0.05, 0.1) is 12.2 Å². The van der Waals surface area contributed by atoms with Crippen LogP contribution < -0.4 is 5.32 Å². The van der Waals surface area contributed by atoms with Crippen molar-refractivity contribution in [2.45, 2.75) is 42.8 Å². The smallest absolute Gasteiger partial charge is 0.341 e. The van der Waals surface area contributed by atoms with Crippen LogP contribution in [0, 0.1) is 0 Å². The molecular weight excluding hydrogens is 369 g/mol. The molecule has 1 heterocycles. The number of alkyl halides is 3. The van der Waals surface area contributed by atoms with Crippen LogP contribution >= 0.6 is 46.1 Å². The second-order valence-corrected chi connectivity index (χ2v) is 8.39. The third-order valence-electron chi connectivity index (χ3n) is 3.30. The van der Waals surface area contributed by atoms with Crippen molar-refractivity contribution in [1.82, 2.24) is 0 Å². The van der Waals surface area contributed by atoms with Gasteiger partial charge < -0.3 is 10.1 Å². The quantitative estimate of drug-likeness (QED) is 0.614. The number of amides is 1. The fourth-order valence-corrected chi connectivity index (χ4v) is 3.72. The molecule has 2 rings (SSSR count). The number of carbonyl (C=O) groups excluding carboxylic acids is 2. The topological polar surface area (TPSA) is 55.4 Å². The van der Waals surface area contributed by atoms with Crippen LogP contribution in [0.3, 0.4) is 0 Å². The van der Waals surface area contributed by atoms with Gasteiger partial charge in [0.2, 0.25) is 0 Å². The fraction of sp³-hybridized carbons (Fsp3) is 0.571. The number of esters is 1. The number of fused-ring (bicyclic) bond motifs is 1. The summed E-state index contributed by atoms with van der Waals surface area (Å²) in [6, 6.07) is 0. The summed E-state index contributed by atoms with van der Waals surface area (Å²) in [5.41, 5.74) is 1.37. The average molecular weight is 385 g/mol. The number of carbonyl (C=O) groups is 2. The Morgan fingerprint density at radius 2 is 1.95 bits per heavy atom. The predicted octanol–water partition coefficient (Wildman–Crippen LogP) is 4.50. The molecule has 0 saturated carbocycles. The summed E-state index contributed by atoms with van der Waals surface area (Å²) >= 11 is 18.1. The zero-order valence-electron chi connectivity index (χ0n) is 12.0. The summed E-state index contributed by atoms with van der Waals surface area (Å²) < 4.78 is 3.15. The molecule has 0 aliphatic heterocycles. The average Bonchev–Trinajstić information content (AvgIpc) is 2.81. The van der Waals surface area contributed by atoms with Gasteiger partial charge in [0, 0.05) is 4.88 Å². The second kappa shape index (κ2) is 7.39. The van der Waals surface area contributed by atoms with Gasteiger partial charge in [0.15, 0.2) is 0 Å². The van der Waals surface area contributed by atoms with Gasteiger partial charge in [-0.05, 0) is 37.7 Å². The molecule has 122 valence electrons. The van der Waals surface area contributed by atoms with Gasteiger partial charge in [-0.3, -0.25) is 4.79 Å². The summed E-state index contributed by atoms with van der Waals surface area (Å²) in [7, 11) is 0. The number of thiophene rings is 1. The van der Waals surface area contributed by atoms with Gasteiger partial charge in [-0.1, -0.05) is 41.7 Å². The van der Waals surface area contributed by atoms with E-state index in [9.17, 15) is 9.59 Å². The number of rotatable bonds is 4. The van der Waals surface area contributed by atoms with Crippen molar-refractivity contribution < 1.29 is 14.3 Å². The summed E-state index contributed by atoms with van der Waals surface area (Å²) in [5, 5.41) is 2.95. The first-order chi connectivity index (χ1) is 10.3. The minimum absolute atomic E-state index is 0.335. The monoisotopic (exact) mass is 383 g/mol. The Kier molecular flexibility index (Phi) is 6.00. The van der Waals surface area contributed by atoms with Gasteiger partial charge in [0.1, 0.15) is 5.00 Å². The highest BCUT2D eigenvalue weighted by atomic mass is 35.6. The van der Waals surface area contributed by atoms with E-state index in [2.05, 4.69) is 5.32 Å². The molecule has 0 radical (unpaired) electrons. The van der Waals surface area contributed by atoms with Crippen LogP contribution in [0.2, 0.25) is 0 Å². The lowest BCUT2D eigenvalue weighted by Gasteiger charge is -2.13. The molecular formula is C14H16Cl3NO3S. The summed E-state index contributed by atoms with van der Waals surface area (Å²) in [4.78, 5) is 25.3. The van der Waals surface area contributed by atoms with Crippen molar-refractivity contribution in [2.24, 2.45) is 0 Å². The highest BCUT2D eigenvalue weighted by Gasteiger charge is 2.34. The lowest BCUT2D eigenvalue weighted by atomic mass is 9.95. The number of anilines is 1. The largest absolute Gasteiger partial charge is 0.462 e. The van der Waals surface area contributed by atoms with Crippen LogP contribution in [-0.2, 0) is 22.4 Å². The van der Waals surface area contributed by atoms with Crippen molar-refractivity contribution in [2.75, 3.05) is 11.9 Å². The van der Waals surface area contributed by atoms with E-state index < -0.39 is 15.7 Å². The Morgan fingerprint density at radius 3 is 2.59 bits per heavy atom. The second-order valence-electron chi connectivity index (χ2n) is 5.00. The summed E-state index contributed by atoms with van der Waals surface area (Å²) in [6.07, 6.45) is 4.49. The van der Waals surface area contributed by atoms with E-state index in [0.29, 0.717) is 17.2 Å². The highest BCUT2D eigenvalue weighted by molar-refractivity contribution is 7.17. The lowest BCUT2D eigenvalue weighted by Crippen LogP contribution is -2.27. The van der Waals surface area contributed by atoms with Crippen molar-refractivity contribution in [3.05, 3.63) is 16.0 Å². The minimum Gasteiger partial charge on any atom is -0.462 e. The van der Waals surface area contributed by atoms with E-state index >= 15 is 0 Å². The molecule has 0 spiro atoms. The first-order valence-electron chi connectivity index (χ1n) is 7.04. The number of nitrogens with one attached hydrogen (secondary N) is 1. The molecule has 0 atom stereocenters. The molecule has 8 heteroatoms. The zero-order chi connectivity index (χ0) is 16.3. The first-order valence-corrected chi connectivity index (χ1v) is 8.99. The number of ether oxygens (including phenoxy) is 1. The SMILES string of the molecule is CCCOC(=O)c1c(NC(=O)C(Cl)(Cl)Cl)sc2c1CCCC2. The maximum atomic E-state index is 12.3. The molecule has 0 fully saturated rings. The number of aryl methyl sites for hydroxylation is 1. The molecule has 0 bridgehead atoms. The van der Waals surface area contributed by atoms with E-state index in [0.717, 1.165) is 42.5 Å². The molecule has 1 aliphatic rings. The molecule has 1 aromatic rings. The van der Waals surface area contributed by atoms with Crippen molar-refractivity contribution >= 4 is 63.0 Å². The molecule has 1 aliphatic carbocycles. The number of hydrogen-bond acceptors (Lipinski definition) is 4. The summed E-state index contributed by atoms with van der Waals surface area (Å²) in [6.45, 7) is 2.25. The third kappa shape index (κ3) is 4.07. The van der Waals surface area contributed by atoms with Gasteiger partial charge in [-0.25, -0.2) is 4.79 Å². The van der Waals surface area contributed by atoms with Crippen molar-refractivity contribution in [3.63, 3.8) is 0 Å². The Balaban J connectivity index is 2.33. The van der Waals surface area contributed by atoms with E-state index in [1.165, 1.54) is 11.3 Å². The van der Waals surface area contributed by atoms with Gasteiger partial charge >= 0.3 is 5.97 Å². The fourth-order valence-electron chi connectivity index (χ4n) is 2.31. The van der Waals surface area contributed by atoms with Crippen LogP contribution in [0.4, 0.5) is 5.00 Å². The standard InChI is InChI=1S/C14H16Cl3NO3S/c1-2-7-21-12(19)10-8-5-3-4-6-9(8)22-11(10)18-13(20)14(15,16)17/h2-7H2,1H3,(H,18,20). The maximum absolute atomic E-state index is 12.3. The molecule has 1 amide bonds. The zero-order valence-corrected chi connectivity index (χ0v) is 15.1. The maximum Gasteiger partial charge on any atom is 0.341 e. The Hall–Kier alpha value is -0.490. The number of hydrogen-bond donors (Lipinski definition) is 1. The van der Waals surface area contributed by atoms with E-state index in [1.807, 2.05) is 6.92 Å². The molecule has 0 unspecified atom stereocenters. The van der Waals surface area contributed by atoms with Crippen LogP contribution in [0.15, 0.2) is 0 Å². The van der Waals surface area contributed by atoms with Crippen LogP contribution in [0.25, 0.3) is 0 Å². The minimum atomic E-state index is -2.07.